The van der Waals surface area contributed by atoms with Gasteiger partial charge in [0.05, 0.1) is 0 Å². The van der Waals surface area contributed by atoms with Crippen LogP contribution < -0.4 is 22.1 Å². The van der Waals surface area contributed by atoms with Gasteiger partial charge in [0.1, 0.15) is 0 Å². The zero-order chi connectivity index (χ0) is 29.7. The molecule has 0 radical (unpaired) electrons. The smallest absolute Gasteiger partial charge is 0.255 e. The van der Waals surface area contributed by atoms with Gasteiger partial charge in [-0.05, 0) is 84.7 Å². The number of carbonyl (C=O) groups excluding carboxylic acids is 4. The Hall–Kier alpha value is -4.66. The topological polar surface area (TPSA) is 144 Å². The van der Waals surface area contributed by atoms with Gasteiger partial charge in [-0.25, -0.2) is 0 Å². The summed E-state index contributed by atoms with van der Waals surface area (Å²) < 4.78 is 0. The van der Waals surface area contributed by atoms with Crippen LogP contribution in [0.5, 0.6) is 0 Å². The Labute approximate surface area is 242 Å². The maximum absolute atomic E-state index is 12.1. The molecule has 0 atom stereocenters. The molecule has 0 unspecified atom stereocenters. The lowest BCUT2D eigenvalue weighted by atomic mass is 10.1. The van der Waals surface area contributed by atoms with E-state index in [2.05, 4.69) is 10.6 Å². The summed E-state index contributed by atoms with van der Waals surface area (Å²) >= 11 is 10.4. The van der Waals surface area contributed by atoms with Crippen LogP contribution in [0.2, 0.25) is 0 Å². The van der Waals surface area contributed by atoms with Crippen molar-refractivity contribution in [1.82, 2.24) is 0 Å². The molecule has 0 saturated carbocycles. The molecule has 10 heteroatoms. The van der Waals surface area contributed by atoms with Crippen molar-refractivity contribution in [2.75, 3.05) is 29.1 Å². The van der Waals surface area contributed by atoms with E-state index in [9.17, 15) is 19.2 Å². The van der Waals surface area contributed by atoms with Gasteiger partial charge in [0.15, 0.2) is 5.78 Å². The molecule has 0 fully saturated rings. The number of nitrogens with one attached hydrogen (secondary N) is 2. The Kier molecular flexibility index (Phi) is 12.4. The average Bonchev–Trinajstić information content (AvgIpc) is 2.94. The molecule has 0 aliphatic heterocycles. The van der Waals surface area contributed by atoms with Gasteiger partial charge in [0.2, 0.25) is 0 Å². The quantitative estimate of drug-likeness (QED) is 0.116. The lowest BCUT2D eigenvalue weighted by Gasteiger charge is -2.08. The van der Waals surface area contributed by atoms with Crippen LogP contribution in [0.15, 0.2) is 97.1 Å². The van der Waals surface area contributed by atoms with E-state index in [1.165, 1.54) is 25.1 Å². The zero-order valence-corrected chi connectivity index (χ0v) is 23.3. The Balaban J connectivity index is 0.000000236. The van der Waals surface area contributed by atoms with Gasteiger partial charge >= 0.3 is 0 Å². The van der Waals surface area contributed by atoms with Gasteiger partial charge < -0.3 is 22.1 Å². The molecule has 0 aromatic heterocycles. The summed E-state index contributed by atoms with van der Waals surface area (Å²) in [6.45, 7) is 1.48. The molecule has 4 rings (SSSR count). The van der Waals surface area contributed by atoms with E-state index in [1.807, 2.05) is 37.4 Å². The van der Waals surface area contributed by atoms with Gasteiger partial charge in [-0.1, -0.05) is 42.5 Å². The highest BCUT2D eigenvalue weighted by molar-refractivity contribution is 6.69. The first-order valence-electron chi connectivity index (χ1n) is 11.8. The second-order valence-electron chi connectivity index (χ2n) is 8.22. The zero-order valence-electron chi connectivity index (χ0n) is 21.8. The molecule has 0 spiro atoms. The number of nitrogens with two attached hydrogens (primary N) is 2. The number of nitrogen functional groups attached to an aromatic ring is 2. The summed E-state index contributed by atoms with van der Waals surface area (Å²) in [5.41, 5.74) is 15.3. The molecule has 0 saturated heterocycles. The van der Waals surface area contributed by atoms with Gasteiger partial charge in [0, 0.05) is 52.1 Å². The van der Waals surface area contributed by atoms with E-state index in [0.717, 1.165) is 5.69 Å². The second-order valence-corrected chi connectivity index (χ2v) is 8.91. The van der Waals surface area contributed by atoms with Crippen LogP contribution in [0.1, 0.15) is 48.4 Å². The monoisotopic (exact) mass is 578 g/mol. The largest absolute Gasteiger partial charge is 0.399 e. The predicted octanol–water partition coefficient (Wildman–Crippen LogP) is 6.48. The van der Waals surface area contributed by atoms with Crippen molar-refractivity contribution in [2.45, 2.75) is 6.92 Å². The molecule has 0 aliphatic rings. The molecule has 6 N–H and O–H groups in total. The molecular formula is C30H28Cl2N4O4. The summed E-state index contributed by atoms with van der Waals surface area (Å²) in [5, 5.41) is 4.61. The standard InChI is InChI=1S/C16H16N2O2.C8H4Cl2O2.C6H8N2/c1-11(19)12-5-3-6-13(9-12)16(20)18-15-8-4-7-14(10-15)17-2;9-7(11)5-2-1-3-6(4-5)8(10)12;7-5-2-1-3-6(8)4-5/h3-10,17H,1-2H3,(H,18,20);1-4H;1-4H,7-8H2. The molecule has 1 amide bonds. The molecule has 40 heavy (non-hydrogen) atoms. The first kappa shape index (κ1) is 31.6. The number of Topliss-reactive ketones (excluding diaryl/α,β-unsaturated/α-hetero) is 1. The summed E-state index contributed by atoms with van der Waals surface area (Å²) in [5.74, 6) is -0.293. The fraction of sp³-hybridized carbons (Fsp3) is 0.0667. The van der Waals surface area contributed by atoms with Crippen molar-refractivity contribution >= 4 is 68.1 Å². The lowest BCUT2D eigenvalue weighted by molar-refractivity contribution is 0.101. The number of halogens is 2. The van der Waals surface area contributed by atoms with E-state index < -0.39 is 10.5 Å². The highest BCUT2D eigenvalue weighted by atomic mass is 35.5. The highest BCUT2D eigenvalue weighted by Crippen LogP contribution is 2.16. The number of amides is 1. The van der Waals surface area contributed by atoms with Crippen molar-refractivity contribution in [1.29, 1.82) is 0 Å². The molecule has 206 valence electrons. The number of hydrogen-bond donors (Lipinski definition) is 4. The minimum Gasteiger partial charge on any atom is -0.399 e. The van der Waals surface area contributed by atoms with E-state index in [0.29, 0.717) is 28.2 Å². The number of benzene rings is 4. The average molecular weight is 579 g/mol. The second kappa shape index (κ2) is 15.7. The van der Waals surface area contributed by atoms with Crippen LogP contribution in [0.25, 0.3) is 0 Å². The van der Waals surface area contributed by atoms with Crippen LogP contribution >= 0.6 is 23.2 Å². The van der Waals surface area contributed by atoms with Gasteiger partial charge in [-0.3, -0.25) is 19.2 Å². The van der Waals surface area contributed by atoms with Gasteiger partial charge in [-0.2, -0.15) is 0 Å². The van der Waals surface area contributed by atoms with Crippen LogP contribution in [0.3, 0.4) is 0 Å². The van der Waals surface area contributed by atoms with E-state index in [1.54, 1.807) is 48.5 Å². The minimum atomic E-state index is -0.602. The SMILES string of the molecule is CNc1cccc(NC(=O)c2cccc(C(C)=O)c2)c1.Nc1cccc(N)c1.O=C(Cl)c1cccc(C(=O)Cl)c1. The Morgan fingerprint density at radius 3 is 1.52 bits per heavy atom. The number of hydrogen-bond acceptors (Lipinski definition) is 7. The van der Waals surface area contributed by atoms with Crippen LogP contribution in [0.4, 0.5) is 22.7 Å². The molecular weight excluding hydrogens is 551 g/mol. The molecule has 8 nitrogen and oxygen atoms in total. The van der Waals surface area contributed by atoms with Gasteiger partial charge in [-0.15, -0.1) is 0 Å². The first-order valence-corrected chi connectivity index (χ1v) is 12.6. The molecule has 4 aromatic rings. The van der Waals surface area contributed by atoms with Crippen molar-refractivity contribution in [3.63, 3.8) is 0 Å². The van der Waals surface area contributed by atoms with E-state index >= 15 is 0 Å². The number of carbonyl (C=O) groups is 4. The molecule has 4 aromatic carbocycles. The number of anilines is 4. The number of ketones is 1. The normalized spacial score (nSPS) is 9.60. The van der Waals surface area contributed by atoms with Crippen LogP contribution in [0, 0.1) is 0 Å². The van der Waals surface area contributed by atoms with Crippen molar-refractivity contribution in [3.05, 3.63) is 119 Å². The third kappa shape index (κ3) is 10.6. The van der Waals surface area contributed by atoms with E-state index in [4.69, 9.17) is 34.7 Å². The van der Waals surface area contributed by atoms with Crippen LogP contribution in [-0.4, -0.2) is 29.2 Å². The summed E-state index contributed by atoms with van der Waals surface area (Å²) in [7, 11) is 1.82. The van der Waals surface area contributed by atoms with E-state index in [-0.39, 0.29) is 22.8 Å². The first-order chi connectivity index (χ1) is 19.0. The molecule has 0 heterocycles. The Morgan fingerprint density at radius 2 is 1.05 bits per heavy atom. The fourth-order valence-corrected chi connectivity index (χ4v) is 3.39. The van der Waals surface area contributed by atoms with Crippen molar-refractivity contribution in [3.8, 4) is 0 Å². The Bertz CT molecular complexity index is 1460. The highest BCUT2D eigenvalue weighted by Gasteiger charge is 2.09. The summed E-state index contributed by atoms with van der Waals surface area (Å²) in [6.07, 6.45) is 0. The predicted molar refractivity (Wildman–Crippen MR) is 162 cm³/mol. The number of rotatable bonds is 6. The summed E-state index contributed by atoms with van der Waals surface area (Å²) in [4.78, 5) is 44.7. The molecule has 0 aliphatic carbocycles. The lowest BCUT2D eigenvalue weighted by Crippen LogP contribution is -2.12. The van der Waals surface area contributed by atoms with Crippen LogP contribution in [-0.2, 0) is 0 Å². The fourth-order valence-electron chi connectivity index (χ4n) is 3.16. The summed E-state index contributed by atoms with van der Waals surface area (Å²) in [6, 6.07) is 27.2. The maximum Gasteiger partial charge on any atom is 0.255 e. The minimum absolute atomic E-state index is 0.0585. The molecule has 0 bridgehead atoms. The third-order valence-corrected chi connectivity index (χ3v) is 5.60. The maximum atomic E-state index is 12.1. The van der Waals surface area contributed by atoms with Gasteiger partial charge in [0.25, 0.3) is 16.4 Å². The Morgan fingerprint density at radius 1 is 0.600 bits per heavy atom. The van der Waals surface area contributed by atoms with Crippen molar-refractivity contribution < 1.29 is 19.2 Å². The van der Waals surface area contributed by atoms with Crippen molar-refractivity contribution in [2.24, 2.45) is 0 Å². The third-order valence-electron chi connectivity index (χ3n) is 5.17.